The molecule has 0 bridgehead atoms. The van der Waals surface area contributed by atoms with Gasteiger partial charge >= 0.3 is 0 Å². The van der Waals surface area contributed by atoms with Crippen molar-refractivity contribution >= 4 is 49.4 Å². The average molecular weight is 802 g/mol. The SMILES string of the molecule is c1ccc(-c2ccccc2N(c2cccc(-c3ccc4c(c3)-c3ccccc3C43c4ccc5ccccc5c4Oc4c3ccc3ccccc43)c2)c2cccc3ccccc23)cc1. The fourth-order valence-corrected chi connectivity index (χ4v) is 10.8. The van der Waals surface area contributed by atoms with Crippen LogP contribution in [0.15, 0.2) is 237 Å². The van der Waals surface area contributed by atoms with Crippen molar-refractivity contribution in [3.63, 3.8) is 0 Å². The molecule has 0 saturated carbocycles. The third kappa shape index (κ3) is 5.25. The fourth-order valence-electron chi connectivity index (χ4n) is 10.8. The third-order valence-electron chi connectivity index (χ3n) is 13.5. The summed E-state index contributed by atoms with van der Waals surface area (Å²) in [7, 11) is 0. The molecule has 63 heavy (non-hydrogen) atoms. The number of hydrogen-bond donors (Lipinski definition) is 0. The lowest BCUT2D eigenvalue weighted by atomic mass is 9.65. The highest BCUT2D eigenvalue weighted by Crippen LogP contribution is 2.64. The fraction of sp³-hybridized carbons (Fsp3) is 0.0164. The quantitative estimate of drug-likeness (QED) is 0.172. The molecule has 0 saturated heterocycles. The summed E-state index contributed by atoms with van der Waals surface area (Å²) >= 11 is 0. The van der Waals surface area contributed by atoms with Crippen molar-refractivity contribution < 1.29 is 4.74 Å². The van der Waals surface area contributed by atoms with Gasteiger partial charge in [-0.15, -0.1) is 0 Å². The van der Waals surface area contributed by atoms with Gasteiger partial charge in [0.05, 0.1) is 16.8 Å². The first-order valence-corrected chi connectivity index (χ1v) is 21.8. The average Bonchev–Trinajstić information content (AvgIpc) is 3.64. The lowest BCUT2D eigenvalue weighted by Gasteiger charge is -2.40. The van der Waals surface area contributed by atoms with Gasteiger partial charge in [-0.2, -0.15) is 0 Å². The van der Waals surface area contributed by atoms with Crippen molar-refractivity contribution in [2.45, 2.75) is 5.41 Å². The van der Waals surface area contributed by atoms with Crippen molar-refractivity contribution in [2.75, 3.05) is 4.90 Å². The predicted octanol–water partition coefficient (Wildman–Crippen LogP) is 16.4. The number of fused-ring (bicyclic) bond motifs is 14. The summed E-state index contributed by atoms with van der Waals surface area (Å²) in [5, 5.41) is 6.98. The lowest BCUT2D eigenvalue weighted by Crippen LogP contribution is -2.32. The summed E-state index contributed by atoms with van der Waals surface area (Å²) in [5.41, 5.74) is 14.8. The molecular formula is C61H39NO. The van der Waals surface area contributed by atoms with Gasteiger partial charge in [0.25, 0.3) is 0 Å². The maximum absolute atomic E-state index is 7.18. The minimum Gasteiger partial charge on any atom is -0.455 e. The van der Waals surface area contributed by atoms with Crippen LogP contribution in [0.2, 0.25) is 0 Å². The Labute approximate surface area is 366 Å². The van der Waals surface area contributed by atoms with Gasteiger partial charge in [-0.1, -0.05) is 206 Å². The van der Waals surface area contributed by atoms with Crippen LogP contribution in [-0.4, -0.2) is 0 Å². The molecule has 0 atom stereocenters. The van der Waals surface area contributed by atoms with Crippen molar-refractivity contribution in [1.82, 2.24) is 0 Å². The Morgan fingerprint density at radius 1 is 0.302 bits per heavy atom. The van der Waals surface area contributed by atoms with Crippen LogP contribution in [0, 0.1) is 0 Å². The first kappa shape index (κ1) is 35.5. The highest BCUT2D eigenvalue weighted by molar-refractivity contribution is 6.03. The van der Waals surface area contributed by atoms with Gasteiger partial charge in [-0.25, -0.2) is 0 Å². The summed E-state index contributed by atoms with van der Waals surface area (Å²) in [4.78, 5) is 2.44. The van der Waals surface area contributed by atoms with E-state index in [-0.39, 0.29) is 0 Å². The molecule has 13 rings (SSSR count). The molecule has 0 amide bonds. The lowest BCUT2D eigenvalue weighted by molar-refractivity contribution is 0.447. The second-order valence-corrected chi connectivity index (χ2v) is 16.8. The van der Waals surface area contributed by atoms with Crippen LogP contribution in [0.5, 0.6) is 11.5 Å². The highest BCUT2D eigenvalue weighted by atomic mass is 16.5. The van der Waals surface area contributed by atoms with Crippen LogP contribution >= 0.6 is 0 Å². The number of hydrogen-bond acceptors (Lipinski definition) is 2. The Balaban J connectivity index is 1.03. The van der Waals surface area contributed by atoms with E-state index < -0.39 is 5.41 Å². The molecule has 0 unspecified atom stereocenters. The second kappa shape index (κ2) is 13.9. The van der Waals surface area contributed by atoms with Crippen LogP contribution in [0.25, 0.3) is 65.7 Å². The monoisotopic (exact) mass is 801 g/mol. The minimum atomic E-state index is -0.588. The molecule has 2 nitrogen and oxygen atoms in total. The van der Waals surface area contributed by atoms with Crippen molar-refractivity contribution in [3.05, 3.63) is 259 Å². The normalized spacial score (nSPS) is 13.0. The second-order valence-electron chi connectivity index (χ2n) is 16.8. The van der Waals surface area contributed by atoms with Gasteiger partial charge in [0.15, 0.2) is 0 Å². The molecule has 11 aromatic rings. The number of rotatable bonds is 5. The molecule has 2 heteroatoms. The maximum atomic E-state index is 7.18. The summed E-state index contributed by atoms with van der Waals surface area (Å²) in [6, 6.07) is 86.4. The van der Waals surface area contributed by atoms with E-state index >= 15 is 0 Å². The maximum Gasteiger partial charge on any atom is 0.140 e. The number of anilines is 3. The molecule has 0 fully saturated rings. The van der Waals surface area contributed by atoms with E-state index in [0.29, 0.717) is 0 Å². The molecule has 1 aliphatic carbocycles. The van der Waals surface area contributed by atoms with Crippen LogP contribution in [0.1, 0.15) is 22.3 Å². The summed E-state index contributed by atoms with van der Waals surface area (Å²) in [6.45, 7) is 0. The molecule has 0 N–H and O–H groups in total. The summed E-state index contributed by atoms with van der Waals surface area (Å²) < 4.78 is 7.18. The van der Waals surface area contributed by atoms with E-state index in [9.17, 15) is 0 Å². The first-order chi connectivity index (χ1) is 31.3. The van der Waals surface area contributed by atoms with E-state index in [4.69, 9.17) is 4.74 Å². The minimum absolute atomic E-state index is 0.588. The number of benzene rings is 11. The zero-order chi connectivity index (χ0) is 41.5. The number of para-hydroxylation sites is 1. The van der Waals surface area contributed by atoms with E-state index in [1.807, 2.05) is 0 Å². The number of ether oxygens (including phenoxy) is 1. The summed E-state index contributed by atoms with van der Waals surface area (Å²) in [6.07, 6.45) is 0. The molecule has 1 heterocycles. The molecule has 294 valence electrons. The number of nitrogens with zero attached hydrogens (tertiary/aromatic N) is 1. The Hall–Kier alpha value is -8.20. The van der Waals surface area contributed by atoms with E-state index in [0.717, 1.165) is 44.9 Å². The van der Waals surface area contributed by atoms with Gasteiger partial charge in [-0.05, 0) is 85.4 Å². The Morgan fingerprint density at radius 2 is 0.810 bits per heavy atom. The Kier molecular flexibility index (Phi) is 7.85. The zero-order valence-electron chi connectivity index (χ0n) is 34.4. The van der Waals surface area contributed by atoms with Gasteiger partial charge in [0, 0.05) is 38.5 Å². The standard InChI is InChI=1S/C61H39NO/c1-2-16-40(17-3-1)47-25-11-13-30-57(47)62(58-31-15-21-41-18-4-7-24-48(41)58)46-23-14-22-44(38-46)45-34-35-54-52(39-45)51-28-10-12-29-53(51)61(54)55-36-32-42-19-5-8-26-49(42)59(55)63-60-50-27-9-6-20-43(50)33-37-56(60)61/h1-39H. The Bertz CT molecular complexity index is 3530. The van der Waals surface area contributed by atoms with Crippen LogP contribution < -0.4 is 9.64 Å². The molecule has 0 aromatic heterocycles. The molecule has 2 aliphatic rings. The topological polar surface area (TPSA) is 12.5 Å². The smallest absolute Gasteiger partial charge is 0.140 e. The summed E-state index contributed by atoms with van der Waals surface area (Å²) in [5.74, 6) is 1.86. The first-order valence-electron chi connectivity index (χ1n) is 21.8. The van der Waals surface area contributed by atoms with E-state index in [2.05, 4.69) is 241 Å². The third-order valence-corrected chi connectivity index (χ3v) is 13.5. The molecule has 0 radical (unpaired) electrons. The van der Waals surface area contributed by atoms with Gasteiger partial charge < -0.3 is 9.64 Å². The van der Waals surface area contributed by atoms with Crippen molar-refractivity contribution in [3.8, 4) is 44.9 Å². The molecular weight excluding hydrogens is 763 g/mol. The van der Waals surface area contributed by atoms with E-state index in [1.165, 1.54) is 71.6 Å². The van der Waals surface area contributed by atoms with Crippen LogP contribution in [0.3, 0.4) is 0 Å². The van der Waals surface area contributed by atoms with E-state index in [1.54, 1.807) is 0 Å². The van der Waals surface area contributed by atoms with Gasteiger partial charge in [0.1, 0.15) is 11.5 Å². The zero-order valence-corrected chi connectivity index (χ0v) is 34.4. The molecule has 1 aliphatic heterocycles. The van der Waals surface area contributed by atoms with Crippen LogP contribution in [-0.2, 0) is 5.41 Å². The van der Waals surface area contributed by atoms with Gasteiger partial charge in [0.2, 0.25) is 0 Å². The predicted molar refractivity (Wildman–Crippen MR) is 262 cm³/mol. The highest BCUT2D eigenvalue weighted by Gasteiger charge is 2.51. The van der Waals surface area contributed by atoms with Crippen molar-refractivity contribution in [2.24, 2.45) is 0 Å². The van der Waals surface area contributed by atoms with Crippen molar-refractivity contribution in [1.29, 1.82) is 0 Å². The molecule has 1 spiro atoms. The molecule has 11 aromatic carbocycles. The Morgan fingerprint density at radius 3 is 1.56 bits per heavy atom. The van der Waals surface area contributed by atoms with Crippen LogP contribution in [0.4, 0.5) is 17.1 Å². The van der Waals surface area contributed by atoms with Gasteiger partial charge in [-0.3, -0.25) is 0 Å². The largest absolute Gasteiger partial charge is 0.455 e.